The number of rotatable bonds is 28. The fourth-order valence-electron chi connectivity index (χ4n) is 8.31. The molecule has 7 rings (SSSR count). The van der Waals surface area contributed by atoms with E-state index in [4.69, 9.17) is 42.3 Å². The van der Waals surface area contributed by atoms with E-state index >= 15 is 0 Å². The van der Waals surface area contributed by atoms with Crippen LogP contribution in [0.3, 0.4) is 0 Å². The minimum Gasteiger partial charge on any atom is -0.493 e. The summed E-state index contributed by atoms with van der Waals surface area (Å²) < 4.78 is 58.2. The van der Waals surface area contributed by atoms with Gasteiger partial charge in [0.25, 0.3) is 5.75 Å². The number of ether oxygens (including phenoxy) is 8. The van der Waals surface area contributed by atoms with Crippen molar-refractivity contribution in [1.29, 1.82) is 0 Å². The van der Waals surface area contributed by atoms with Crippen LogP contribution >= 0.6 is 0 Å². The lowest BCUT2D eigenvalue weighted by molar-refractivity contribution is -0.310. The summed E-state index contributed by atoms with van der Waals surface area (Å²) in [4.78, 5) is 26.4. The number of esters is 1. The van der Waals surface area contributed by atoms with Crippen LogP contribution in [0.25, 0.3) is 11.0 Å². The number of hydrogen-bond donors (Lipinski definition) is 0. The number of carbonyl (C=O) groups is 1. The van der Waals surface area contributed by atoms with E-state index in [1.165, 1.54) is 58.3 Å². The maximum absolute atomic E-state index is 13.8. The van der Waals surface area contributed by atoms with Crippen molar-refractivity contribution < 1.29 is 47.1 Å². The molecule has 0 unspecified atom stereocenters. The molecule has 1 saturated heterocycles. The van der Waals surface area contributed by atoms with E-state index in [1.807, 2.05) is 121 Å². The SMILES string of the molecule is CCCCCCCCCCCCOc1ccc2c(O[C@H]3O[C@H](COCc4ccccc4)[C@@H](OCc4ccccc4)[C@H](OCc4ccccc4)[C@@H]3OCc3ccccc3)c(OC(C)=O)c(=O)oc2c1. The van der Waals surface area contributed by atoms with Gasteiger partial charge >= 0.3 is 11.6 Å². The second-order valence-electron chi connectivity index (χ2n) is 17.3. The van der Waals surface area contributed by atoms with Gasteiger partial charge in [-0.15, -0.1) is 0 Å². The topological polar surface area (TPSA) is 121 Å². The summed E-state index contributed by atoms with van der Waals surface area (Å²) in [6.07, 6.45) is 7.61. The third kappa shape index (κ3) is 15.3. The number of fused-ring (bicyclic) bond motifs is 1. The lowest BCUT2D eigenvalue weighted by Gasteiger charge is -2.45. The van der Waals surface area contributed by atoms with Crippen LogP contribution in [-0.2, 0) is 54.9 Å². The average molecular weight is 927 g/mol. The van der Waals surface area contributed by atoms with Gasteiger partial charge in [0, 0.05) is 13.0 Å². The van der Waals surface area contributed by atoms with Gasteiger partial charge in [-0.3, -0.25) is 4.79 Å². The molecule has 5 atom stereocenters. The highest BCUT2D eigenvalue weighted by molar-refractivity contribution is 5.87. The molecule has 68 heavy (non-hydrogen) atoms. The highest BCUT2D eigenvalue weighted by Crippen LogP contribution is 2.39. The molecule has 5 aromatic carbocycles. The Balaban J connectivity index is 1.20. The summed E-state index contributed by atoms with van der Waals surface area (Å²) in [5.41, 5.74) is 3.06. The zero-order valence-corrected chi connectivity index (χ0v) is 39.5. The van der Waals surface area contributed by atoms with E-state index in [0.717, 1.165) is 35.1 Å². The monoisotopic (exact) mass is 926 g/mol. The Bertz CT molecular complexity index is 2430. The second-order valence-corrected chi connectivity index (χ2v) is 17.3. The van der Waals surface area contributed by atoms with Gasteiger partial charge in [0.15, 0.2) is 5.75 Å². The summed E-state index contributed by atoms with van der Waals surface area (Å²) in [6, 6.07) is 44.5. The molecule has 1 aliphatic rings. The molecule has 2 heterocycles. The van der Waals surface area contributed by atoms with Crippen molar-refractivity contribution in [3.8, 4) is 17.2 Å². The van der Waals surface area contributed by atoms with Crippen molar-refractivity contribution in [2.24, 2.45) is 0 Å². The molecule has 0 bridgehead atoms. The summed E-state index contributed by atoms with van der Waals surface area (Å²) in [6.45, 7) is 4.99. The quantitative estimate of drug-likeness (QED) is 0.0266. The average Bonchev–Trinajstić information content (AvgIpc) is 3.36. The van der Waals surface area contributed by atoms with E-state index in [2.05, 4.69) is 6.92 Å². The van der Waals surface area contributed by atoms with E-state index in [-0.39, 0.29) is 37.8 Å². The lowest BCUT2D eigenvalue weighted by atomic mass is 9.97. The fraction of sp³-hybridized carbons (Fsp3) is 0.404. The smallest absolute Gasteiger partial charge is 0.383 e. The van der Waals surface area contributed by atoms with Crippen LogP contribution in [0.1, 0.15) is 100 Å². The lowest BCUT2D eigenvalue weighted by Crippen LogP contribution is -2.62. The van der Waals surface area contributed by atoms with Crippen LogP contribution in [0.2, 0.25) is 0 Å². The maximum atomic E-state index is 13.8. The van der Waals surface area contributed by atoms with E-state index < -0.39 is 48.1 Å². The predicted octanol–water partition coefficient (Wildman–Crippen LogP) is 12.1. The Morgan fingerprint density at radius 2 is 1.06 bits per heavy atom. The fourth-order valence-corrected chi connectivity index (χ4v) is 8.31. The molecule has 0 spiro atoms. The van der Waals surface area contributed by atoms with Crippen LogP contribution in [-0.4, -0.2) is 49.9 Å². The molecule has 360 valence electrons. The Morgan fingerprint density at radius 1 is 0.559 bits per heavy atom. The van der Waals surface area contributed by atoms with E-state index in [0.29, 0.717) is 24.3 Å². The van der Waals surface area contributed by atoms with Gasteiger partial charge in [-0.2, -0.15) is 0 Å². The first-order chi connectivity index (χ1) is 33.4. The third-order valence-electron chi connectivity index (χ3n) is 11.9. The summed E-state index contributed by atoms with van der Waals surface area (Å²) in [7, 11) is 0. The molecule has 11 nitrogen and oxygen atoms in total. The summed E-state index contributed by atoms with van der Waals surface area (Å²) in [5.74, 6) is -0.676. The van der Waals surface area contributed by atoms with Crippen molar-refractivity contribution in [2.45, 2.75) is 135 Å². The van der Waals surface area contributed by atoms with Crippen LogP contribution in [0.4, 0.5) is 0 Å². The zero-order chi connectivity index (χ0) is 47.2. The number of benzene rings is 5. The molecular formula is C57H66O11. The third-order valence-corrected chi connectivity index (χ3v) is 11.9. The number of carbonyl (C=O) groups excluding carboxylic acids is 1. The molecular weight excluding hydrogens is 861 g/mol. The largest absolute Gasteiger partial charge is 0.493 e. The van der Waals surface area contributed by atoms with Crippen molar-refractivity contribution >= 4 is 16.9 Å². The maximum Gasteiger partial charge on any atom is 0.383 e. The van der Waals surface area contributed by atoms with Crippen LogP contribution < -0.4 is 19.8 Å². The minimum atomic E-state index is -1.26. The first-order valence-corrected chi connectivity index (χ1v) is 24.3. The number of unbranched alkanes of at least 4 members (excludes halogenated alkanes) is 9. The molecule has 0 N–H and O–H groups in total. The van der Waals surface area contributed by atoms with Crippen LogP contribution in [0, 0.1) is 0 Å². The Hall–Kier alpha value is -5.82. The highest BCUT2D eigenvalue weighted by Gasteiger charge is 2.50. The van der Waals surface area contributed by atoms with Crippen molar-refractivity contribution in [3.63, 3.8) is 0 Å². The Labute approximate surface area is 400 Å². The normalized spacial score (nSPS) is 18.1. The molecule has 6 aromatic rings. The van der Waals surface area contributed by atoms with Crippen molar-refractivity contribution in [2.75, 3.05) is 13.2 Å². The highest BCUT2D eigenvalue weighted by atomic mass is 16.7. The van der Waals surface area contributed by atoms with E-state index in [9.17, 15) is 9.59 Å². The van der Waals surface area contributed by atoms with Crippen LogP contribution in [0.5, 0.6) is 17.2 Å². The molecule has 11 heteroatoms. The first-order valence-electron chi connectivity index (χ1n) is 24.3. The second kappa shape index (κ2) is 27.2. The van der Waals surface area contributed by atoms with Gasteiger partial charge < -0.3 is 42.3 Å². The molecule has 0 saturated carbocycles. The van der Waals surface area contributed by atoms with Crippen molar-refractivity contribution in [1.82, 2.24) is 0 Å². The molecule has 1 fully saturated rings. The molecule has 0 radical (unpaired) electrons. The first kappa shape index (κ1) is 50.1. The summed E-state index contributed by atoms with van der Waals surface area (Å²) in [5, 5.41) is 0.360. The van der Waals surface area contributed by atoms with Gasteiger partial charge in [0.2, 0.25) is 6.29 Å². The predicted molar refractivity (Wildman–Crippen MR) is 262 cm³/mol. The molecule has 0 amide bonds. The minimum absolute atomic E-state index is 0.0552. The van der Waals surface area contributed by atoms with Crippen LogP contribution in [0.15, 0.2) is 149 Å². The Morgan fingerprint density at radius 3 is 1.60 bits per heavy atom. The molecule has 0 aliphatic carbocycles. The standard InChI is InChI=1S/C57H66O11/c1-3-4-5-6-7-8-9-10-11-24-35-61-47-33-34-48-49(36-47)66-56(59)54(65-42(2)58)51(48)68-57-55(64-40-46-31-22-15-23-32-46)53(63-39-45-29-20-14-21-30-45)52(62-38-44-27-18-13-19-28-44)50(67-57)41-60-37-43-25-16-12-17-26-43/h12-23,25-34,36,50,52-53,55,57H,3-11,24,35,37-41H2,1-2H3/t50-,52-,53+,55+,57-/m1/s1. The van der Waals surface area contributed by atoms with Gasteiger partial charge in [-0.1, -0.05) is 186 Å². The van der Waals surface area contributed by atoms with Crippen molar-refractivity contribution in [3.05, 3.63) is 172 Å². The summed E-state index contributed by atoms with van der Waals surface area (Å²) >= 11 is 0. The van der Waals surface area contributed by atoms with Gasteiger partial charge in [0.05, 0.1) is 45.0 Å². The molecule has 1 aromatic heterocycles. The number of hydrogen-bond acceptors (Lipinski definition) is 11. The van der Waals surface area contributed by atoms with Gasteiger partial charge in [-0.05, 0) is 40.8 Å². The zero-order valence-electron chi connectivity index (χ0n) is 39.5. The van der Waals surface area contributed by atoms with Gasteiger partial charge in [-0.25, -0.2) is 4.79 Å². The molecule has 1 aliphatic heterocycles. The van der Waals surface area contributed by atoms with Gasteiger partial charge in [0.1, 0.15) is 35.7 Å². The van der Waals surface area contributed by atoms with E-state index in [1.54, 1.807) is 18.2 Å². The Kier molecular flexibility index (Phi) is 20.1.